The van der Waals surface area contributed by atoms with E-state index in [-0.39, 0.29) is 11.5 Å². The lowest BCUT2D eigenvalue weighted by molar-refractivity contribution is -0.138. The topological polar surface area (TPSA) is 59.7 Å². The van der Waals surface area contributed by atoms with Gasteiger partial charge in [-0.3, -0.25) is 4.79 Å². The van der Waals surface area contributed by atoms with Crippen LogP contribution in [0.2, 0.25) is 0 Å². The van der Waals surface area contributed by atoms with Gasteiger partial charge in [-0.1, -0.05) is 0 Å². The molecule has 19 heavy (non-hydrogen) atoms. The number of rotatable bonds is 1. The molecule has 98 valence electrons. The molecular formula is C15H14O4. The average molecular weight is 258 g/mol. The van der Waals surface area contributed by atoms with Crippen molar-refractivity contribution >= 4 is 16.8 Å². The van der Waals surface area contributed by atoms with Crippen LogP contribution in [0.25, 0.3) is 11.0 Å². The van der Waals surface area contributed by atoms with Crippen molar-refractivity contribution in [2.45, 2.75) is 25.6 Å². The summed E-state index contributed by atoms with van der Waals surface area (Å²) in [7, 11) is 0. The standard InChI is InChI=1S/C15H14O4/c1-15(2)6-5-11(17)14(19-15)13-8-9-7-10(16)3-4-12(9)18-13/h3-8,14,16H,1-2H3. The number of aromatic hydroxyl groups is 1. The molecule has 0 amide bonds. The molecule has 1 aromatic heterocycles. The first-order chi connectivity index (χ1) is 8.94. The molecule has 0 radical (unpaired) electrons. The summed E-state index contributed by atoms with van der Waals surface area (Å²) in [5.74, 6) is 0.488. The zero-order valence-electron chi connectivity index (χ0n) is 10.7. The van der Waals surface area contributed by atoms with Crippen LogP contribution in [-0.4, -0.2) is 16.5 Å². The predicted molar refractivity (Wildman–Crippen MR) is 69.9 cm³/mol. The number of fused-ring (bicyclic) bond motifs is 1. The Bertz CT molecular complexity index is 679. The maximum atomic E-state index is 11.9. The molecule has 0 fully saturated rings. The number of furan rings is 1. The summed E-state index contributed by atoms with van der Waals surface area (Å²) in [6.45, 7) is 3.77. The molecule has 3 rings (SSSR count). The van der Waals surface area contributed by atoms with Crippen LogP contribution in [0.3, 0.4) is 0 Å². The summed E-state index contributed by atoms with van der Waals surface area (Å²) in [5.41, 5.74) is 0.122. The number of hydrogen-bond acceptors (Lipinski definition) is 4. The molecule has 4 heteroatoms. The zero-order chi connectivity index (χ0) is 13.6. The minimum Gasteiger partial charge on any atom is -0.508 e. The van der Waals surface area contributed by atoms with Crippen molar-refractivity contribution in [2.75, 3.05) is 0 Å². The summed E-state index contributed by atoms with van der Waals surface area (Å²) in [6.07, 6.45) is 2.54. The summed E-state index contributed by atoms with van der Waals surface area (Å²) in [6, 6.07) is 6.54. The third-order valence-corrected chi connectivity index (χ3v) is 3.11. The molecule has 0 saturated carbocycles. The summed E-state index contributed by atoms with van der Waals surface area (Å²) >= 11 is 0. The van der Waals surface area contributed by atoms with Crippen LogP contribution in [0.4, 0.5) is 0 Å². The Morgan fingerprint density at radius 2 is 2.05 bits per heavy atom. The van der Waals surface area contributed by atoms with Crippen LogP contribution < -0.4 is 0 Å². The Morgan fingerprint density at radius 3 is 2.84 bits per heavy atom. The summed E-state index contributed by atoms with van der Waals surface area (Å²) in [5, 5.41) is 10.2. The van der Waals surface area contributed by atoms with Crippen molar-refractivity contribution in [2.24, 2.45) is 0 Å². The zero-order valence-corrected chi connectivity index (χ0v) is 10.7. The first-order valence-corrected chi connectivity index (χ1v) is 6.08. The SMILES string of the molecule is CC1(C)C=CC(=O)C(c2cc3cc(O)ccc3o2)O1. The van der Waals surface area contributed by atoms with Gasteiger partial charge in [-0.25, -0.2) is 0 Å². The van der Waals surface area contributed by atoms with Crippen LogP contribution in [0.1, 0.15) is 25.7 Å². The van der Waals surface area contributed by atoms with E-state index in [4.69, 9.17) is 9.15 Å². The van der Waals surface area contributed by atoms with E-state index in [2.05, 4.69) is 0 Å². The maximum Gasteiger partial charge on any atom is 0.192 e. The number of ether oxygens (including phenoxy) is 1. The lowest BCUT2D eigenvalue weighted by Crippen LogP contribution is -2.31. The molecule has 0 bridgehead atoms. The third kappa shape index (κ3) is 2.15. The Morgan fingerprint density at radius 1 is 1.26 bits per heavy atom. The number of phenols is 1. The highest BCUT2D eigenvalue weighted by Gasteiger charge is 2.33. The molecule has 2 aromatic rings. The molecule has 1 atom stereocenters. The van der Waals surface area contributed by atoms with E-state index in [0.29, 0.717) is 11.3 Å². The van der Waals surface area contributed by atoms with Gasteiger partial charge < -0.3 is 14.3 Å². The quantitative estimate of drug-likeness (QED) is 0.853. The smallest absolute Gasteiger partial charge is 0.192 e. The van der Waals surface area contributed by atoms with Crippen LogP contribution in [0, 0.1) is 0 Å². The van der Waals surface area contributed by atoms with Gasteiger partial charge in [0.15, 0.2) is 11.9 Å². The Labute approximate surface area is 110 Å². The van der Waals surface area contributed by atoms with E-state index in [0.717, 1.165) is 5.39 Å². The second-order valence-electron chi connectivity index (χ2n) is 5.21. The van der Waals surface area contributed by atoms with Crippen molar-refractivity contribution in [3.63, 3.8) is 0 Å². The van der Waals surface area contributed by atoms with Gasteiger partial charge in [0, 0.05) is 5.39 Å². The van der Waals surface area contributed by atoms with Crippen molar-refractivity contribution in [3.05, 3.63) is 42.2 Å². The molecule has 0 spiro atoms. The Balaban J connectivity index is 2.04. The molecule has 2 heterocycles. The van der Waals surface area contributed by atoms with Crippen molar-refractivity contribution in [3.8, 4) is 5.75 Å². The number of hydrogen-bond donors (Lipinski definition) is 1. The fourth-order valence-corrected chi connectivity index (χ4v) is 2.15. The van der Waals surface area contributed by atoms with E-state index in [1.165, 1.54) is 6.08 Å². The van der Waals surface area contributed by atoms with Crippen LogP contribution >= 0.6 is 0 Å². The fourth-order valence-electron chi connectivity index (χ4n) is 2.15. The predicted octanol–water partition coefficient (Wildman–Crippen LogP) is 3.11. The van der Waals surface area contributed by atoms with Gasteiger partial charge >= 0.3 is 0 Å². The van der Waals surface area contributed by atoms with E-state index < -0.39 is 11.7 Å². The minimum absolute atomic E-state index is 0.136. The van der Waals surface area contributed by atoms with Gasteiger partial charge in [0.1, 0.15) is 17.1 Å². The normalized spacial score (nSPS) is 22.0. The first kappa shape index (κ1) is 12.0. The van der Waals surface area contributed by atoms with Gasteiger partial charge in [-0.05, 0) is 50.3 Å². The number of carbonyl (C=O) groups excluding carboxylic acids is 1. The van der Waals surface area contributed by atoms with Crippen molar-refractivity contribution in [1.82, 2.24) is 0 Å². The van der Waals surface area contributed by atoms with E-state index in [1.807, 2.05) is 13.8 Å². The number of benzene rings is 1. The number of carbonyl (C=O) groups is 1. The lowest BCUT2D eigenvalue weighted by Gasteiger charge is -2.29. The van der Waals surface area contributed by atoms with Crippen molar-refractivity contribution in [1.29, 1.82) is 0 Å². The molecule has 0 aliphatic carbocycles. The average Bonchev–Trinajstić information content (AvgIpc) is 2.75. The van der Waals surface area contributed by atoms with Crippen LogP contribution in [0.15, 0.2) is 40.8 Å². The Kier molecular flexibility index (Phi) is 2.50. The molecular weight excluding hydrogens is 244 g/mol. The van der Waals surface area contributed by atoms with Crippen molar-refractivity contribution < 1.29 is 19.1 Å². The van der Waals surface area contributed by atoms with Gasteiger partial charge in [0.05, 0.1) is 5.60 Å². The molecule has 1 unspecified atom stereocenters. The minimum atomic E-state index is -0.727. The molecule has 1 aromatic carbocycles. The van der Waals surface area contributed by atoms with Crippen LogP contribution in [-0.2, 0) is 9.53 Å². The lowest BCUT2D eigenvalue weighted by atomic mass is 10.0. The largest absolute Gasteiger partial charge is 0.508 e. The molecule has 0 saturated heterocycles. The number of phenolic OH excluding ortho intramolecular Hbond substituents is 1. The van der Waals surface area contributed by atoms with E-state index in [9.17, 15) is 9.90 Å². The molecule has 1 aliphatic rings. The number of ketones is 1. The molecule has 4 nitrogen and oxygen atoms in total. The third-order valence-electron chi connectivity index (χ3n) is 3.11. The van der Waals surface area contributed by atoms with Gasteiger partial charge in [-0.2, -0.15) is 0 Å². The van der Waals surface area contributed by atoms with Gasteiger partial charge in [-0.15, -0.1) is 0 Å². The summed E-state index contributed by atoms with van der Waals surface area (Å²) < 4.78 is 11.4. The van der Waals surface area contributed by atoms with E-state index >= 15 is 0 Å². The summed E-state index contributed by atoms with van der Waals surface area (Å²) in [4.78, 5) is 11.9. The monoisotopic (exact) mass is 258 g/mol. The van der Waals surface area contributed by atoms with Crippen LogP contribution in [0.5, 0.6) is 5.75 Å². The highest BCUT2D eigenvalue weighted by molar-refractivity contribution is 5.95. The second-order valence-corrected chi connectivity index (χ2v) is 5.21. The van der Waals surface area contributed by atoms with E-state index in [1.54, 1.807) is 30.3 Å². The highest BCUT2D eigenvalue weighted by atomic mass is 16.5. The fraction of sp³-hybridized carbons (Fsp3) is 0.267. The van der Waals surface area contributed by atoms with Gasteiger partial charge in [0.25, 0.3) is 0 Å². The van der Waals surface area contributed by atoms with Gasteiger partial charge in [0.2, 0.25) is 0 Å². The molecule has 1 N–H and O–H groups in total. The second kappa shape index (κ2) is 3.96. The first-order valence-electron chi connectivity index (χ1n) is 6.08. The molecule has 1 aliphatic heterocycles. The Hall–Kier alpha value is -2.07. The maximum absolute atomic E-state index is 11.9. The highest BCUT2D eigenvalue weighted by Crippen LogP contribution is 2.34.